The smallest absolute Gasteiger partial charge is 0.335 e. The highest BCUT2D eigenvalue weighted by Gasteiger charge is 2.29. The minimum absolute atomic E-state index is 0.0516. The molecule has 2 rings (SSSR count). The number of carboxylic acid groups (broad SMARTS) is 1. The van der Waals surface area contributed by atoms with Crippen LogP contribution >= 0.6 is 0 Å². The van der Waals surface area contributed by atoms with E-state index in [1.807, 2.05) is 0 Å². The molecular formula is C11H12O4S. The van der Waals surface area contributed by atoms with Gasteiger partial charge in [-0.2, -0.15) is 0 Å². The van der Waals surface area contributed by atoms with Crippen molar-refractivity contribution >= 4 is 15.8 Å². The number of rotatable bonds is 2. The average molecular weight is 240 g/mol. The molecule has 4 nitrogen and oxygen atoms in total. The molecule has 0 bridgehead atoms. The summed E-state index contributed by atoms with van der Waals surface area (Å²) in [5, 5.41) is 8.84. The van der Waals surface area contributed by atoms with E-state index < -0.39 is 15.8 Å². The van der Waals surface area contributed by atoms with Crippen molar-refractivity contribution in [2.75, 3.05) is 11.5 Å². The topological polar surface area (TPSA) is 71.4 Å². The molecule has 1 aliphatic heterocycles. The Bertz CT molecular complexity index is 519. The number of hydrogen-bond acceptors (Lipinski definition) is 3. The Morgan fingerprint density at radius 3 is 2.69 bits per heavy atom. The summed E-state index contributed by atoms with van der Waals surface area (Å²) in [6.07, 6.45) is 0.589. The quantitative estimate of drug-likeness (QED) is 0.845. The van der Waals surface area contributed by atoms with Crippen LogP contribution in [0.25, 0.3) is 0 Å². The molecule has 16 heavy (non-hydrogen) atoms. The van der Waals surface area contributed by atoms with E-state index in [1.54, 1.807) is 18.2 Å². The van der Waals surface area contributed by atoms with E-state index in [2.05, 4.69) is 0 Å². The fraction of sp³-hybridized carbons (Fsp3) is 0.364. The molecule has 0 aliphatic carbocycles. The number of carboxylic acids is 1. The summed E-state index contributed by atoms with van der Waals surface area (Å²) in [5.74, 6) is -0.697. The van der Waals surface area contributed by atoms with E-state index in [0.717, 1.165) is 5.56 Å². The van der Waals surface area contributed by atoms with Crippen molar-refractivity contribution in [2.24, 2.45) is 0 Å². The molecule has 1 fully saturated rings. The number of hydrogen-bond donors (Lipinski definition) is 1. The molecular weight excluding hydrogens is 228 g/mol. The zero-order chi connectivity index (χ0) is 11.8. The van der Waals surface area contributed by atoms with Crippen molar-refractivity contribution in [2.45, 2.75) is 12.3 Å². The van der Waals surface area contributed by atoms with E-state index in [-0.39, 0.29) is 23.0 Å². The second kappa shape index (κ2) is 3.90. The normalized spacial score (nSPS) is 23.1. The van der Waals surface area contributed by atoms with Gasteiger partial charge >= 0.3 is 5.97 Å². The van der Waals surface area contributed by atoms with Gasteiger partial charge in [0, 0.05) is 0 Å². The lowest BCUT2D eigenvalue weighted by atomic mass is 9.97. The molecule has 1 N–H and O–H groups in total. The highest BCUT2D eigenvalue weighted by molar-refractivity contribution is 7.91. The molecule has 1 heterocycles. The first-order valence-electron chi connectivity index (χ1n) is 5.01. The van der Waals surface area contributed by atoms with Crippen molar-refractivity contribution in [1.82, 2.24) is 0 Å². The Hall–Kier alpha value is -1.36. The summed E-state index contributed by atoms with van der Waals surface area (Å²) < 4.78 is 22.6. The summed E-state index contributed by atoms with van der Waals surface area (Å²) in [5.41, 5.74) is 1.02. The van der Waals surface area contributed by atoms with Crippen LogP contribution in [-0.4, -0.2) is 31.0 Å². The molecule has 0 saturated carbocycles. The van der Waals surface area contributed by atoms with Gasteiger partial charge in [-0.1, -0.05) is 12.1 Å². The van der Waals surface area contributed by atoms with Crippen LogP contribution in [0.15, 0.2) is 24.3 Å². The van der Waals surface area contributed by atoms with Gasteiger partial charge in [-0.15, -0.1) is 0 Å². The molecule has 1 aromatic rings. The van der Waals surface area contributed by atoms with Crippen LogP contribution in [0.5, 0.6) is 0 Å². The van der Waals surface area contributed by atoms with Crippen LogP contribution in [0.3, 0.4) is 0 Å². The Morgan fingerprint density at radius 2 is 2.12 bits per heavy atom. The van der Waals surface area contributed by atoms with Gasteiger partial charge in [-0.25, -0.2) is 13.2 Å². The second-order valence-corrected chi connectivity index (χ2v) is 6.26. The maximum absolute atomic E-state index is 11.3. The maximum atomic E-state index is 11.3. The molecule has 0 radical (unpaired) electrons. The number of aromatic carboxylic acids is 1. The third-order valence-corrected chi connectivity index (χ3v) is 4.61. The lowest BCUT2D eigenvalue weighted by Gasteiger charge is -2.08. The Kier molecular flexibility index (Phi) is 2.71. The van der Waals surface area contributed by atoms with E-state index >= 15 is 0 Å². The third-order valence-electron chi connectivity index (χ3n) is 2.84. The van der Waals surface area contributed by atoms with E-state index in [0.29, 0.717) is 6.42 Å². The summed E-state index contributed by atoms with van der Waals surface area (Å²) in [7, 11) is -2.92. The first-order valence-corrected chi connectivity index (χ1v) is 6.84. The Balaban J connectivity index is 2.28. The molecule has 0 amide bonds. The molecule has 1 atom stereocenters. The van der Waals surface area contributed by atoms with Crippen LogP contribution in [0.4, 0.5) is 0 Å². The van der Waals surface area contributed by atoms with Crippen LogP contribution < -0.4 is 0 Å². The second-order valence-electron chi connectivity index (χ2n) is 4.03. The molecule has 86 valence electrons. The molecule has 1 aliphatic rings. The first-order chi connectivity index (χ1) is 7.48. The SMILES string of the molecule is O=C(O)c1cccc(C2CCS(=O)(=O)C2)c1. The van der Waals surface area contributed by atoms with Crippen molar-refractivity contribution in [3.63, 3.8) is 0 Å². The number of carbonyl (C=O) groups is 1. The summed E-state index contributed by atoms with van der Waals surface area (Å²) in [6.45, 7) is 0. The van der Waals surface area contributed by atoms with Crippen molar-refractivity contribution in [3.8, 4) is 0 Å². The average Bonchev–Trinajstić information content (AvgIpc) is 2.59. The monoisotopic (exact) mass is 240 g/mol. The number of sulfone groups is 1. The molecule has 1 aromatic carbocycles. The molecule has 0 aromatic heterocycles. The van der Waals surface area contributed by atoms with E-state index in [4.69, 9.17) is 5.11 Å². The summed E-state index contributed by atoms with van der Waals surface area (Å²) in [4.78, 5) is 10.8. The van der Waals surface area contributed by atoms with Crippen LogP contribution in [-0.2, 0) is 9.84 Å². The fourth-order valence-electron chi connectivity index (χ4n) is 1.98. The summed E-state index contributed by atoms with van der Waals surface area (Å²) in [6, 6.07) is 6.52. The zero-order valence-electron chi connectivity index (χ0n) is 8.59. The first kappa shape index (κ1) is 11.1. The minimum atomic E-state index is -2.92. The van der Waals surface area contributed by atoms with Gasteiger partial charge in [0.15, 0.2) is 9.84 Å². The predicted octanol–water partition coefficient (Wildman–Crippen LogP) is 1.29. The van der Waals surface area contributed by atoms with Gasteiger partial charge < -0.3 is 5.11 Å². The van der Waals surface area contributed by atoms with Crippen molar-refractivity contribution < 1.29 is 18.3 Å². The largest absolute Gasteiger partial charge is 0.478 e. The number of benzene rings is 1. The van der Waals surface area contributed by atoms with E-state index in [9.17, 15) is 13.2 Å². The van der Waals surface area contributed by atoms with Gasteiger partial charge in [0.05, 0.1) is 17.1 Å². The van der Waals surface area contributed by atoms with Gasteiger partial charge in [0.25, 0.3) is 0 Å². The molecule has 1 unspecified atom stereocenters. The van der Waals surface area contributed by atoms with Gasteiger partial charge in [0.1, 0.15) is 0 Å². The van der Waals surface area contributed by atoms with Crippen LogP contribution in [0.1, 0.15) is 28.3 Å². The van der Waals surface area contributed by atoms with Crippen molar-refractivity contribution in [1.29, 1.82) is 0 Å². The van der Waals surface area contributed by atoms with Crippen LogP contribution in [0.2, 0.25) is 0 Å². The third kappa shape index (κ3) is 2.24. The zero-order valence-corrected chi connectivity index (χ0v) is 9.40. The van der Waals surface area contributed by atoms with Gasteiger partial charge in [-0.05, 0) is 30.0 Å². The van der Waals surface area contributed by atoms with Crippen molar-refractivity contribution in [3.05, 3.63) is 35.4 Å². The Morgan fingerprint density at radius 1 is 1.38 bits per heavy atom. The molecule has 1 saturated heterocycles. The predicted molar refractivity (Wildman–Crippen MR) is 59.4 cm³/mol. The summed E-state index contributed by atoms with van der Waals surface area (Å²) >= 11 is 0. The maximum Gasteiger partial charge on any atom is 0.335 e. The lowest BCUT2D eigenvalue weighted by Crippen LogP contribution is -2.05. The standard InChI is InChI=1S/C11H12O4S/c12-11(13)9-3-1-2-8(6-9)10-4-5-16(14,15)7-10/h1-3,6,10H,4-5,7H2,(H,12,13). The van der Waals surface area contributed by atoms with Gasteiger partial charge in [0.2, 0.25) is 0 Å². The highest BCUT2D eigenvalue weighted by Crippen LogP contribution is 2.29. The molecule has 0 spiro atoms. The van der Waals surface area contributed by atoms with E-state index in [1.165, 1.54) is 6.07 Å². The van der Waals surface area contributed by atoms with Gasteiger partial charge in [-0.3, -0.25) is 0 Å². The Labute approximate surface area is 93.8 Å². The lowest BCUT2D eigenvalue weighted by molar-refractivity contribution is 0.0696. The minimum Gasteiger partial charge on any atom is -0.478 e. The molecule has 5 heteroatoms. The highest BCUT2D eigenvalue weighted by atomic mass is 32.2. The fourth-order valence-corrected chi connectivity index (χ4v) is 3.77. The van der Waals surface area contributed by atoms with Crippen LogP contribution in [0, 0.1) is 0 Å².